The van der Waals surface area contributed by atoms with Crippen LogP contribution in [0.3, 0.4) is 0 Å². The second kappa shape index (κ2) is 4.04. The number of aliphatic imine (C=N–C) groups is 1. The Morgan fingerprint density at radius 3 is 2.63 bits per heavy atom. The highest BCUT2D eigenvalue weighted by Crippen LogP contribution is 2.22. The van der Waals surface area contributed by atoms with Gasteiger partial charge >= 0.3 is 0 Å². The Bertz CT molecular complexity index is 704. The normalized spacial score (nSPS) is 20.3. The lowest BCUT2D eigenvalue weighted by Crippen LogP contribution is -2.20. The second-order valence-corrected chi connectivity index (χ2v) is 4.59. The number of hydrogen-bond acceptors (Lipinski definition) is 5. The third-order valence-corrected chi connectivity index (χ3v) is 3.31. The van der Waals surface area contributed by atoms with Gasteiger partial charge in [-0.05, 0) is 18.6 Å². The number of aromatic nitrogens is 2. The molecule has 1 aliphatic heterocycles. The molecule has 0 bridgehead atoms. The van der Waals surface area contributed by atoms with Gasteiger partial charge in [0.1, 0.15) is 0 Å². The van der Waals surface area contributed by atoms with Gasteiger partial charge in [0.25, 0.3) is 5.56 Å². The molecule has 7 nitrogen and oxygen atoms in total. The summed E-state index contributed by atoms with van der Waals surface area (Å²) in [6, 6.07) is 0. The van der Waals surface area contributed by atoms with Crippen molar-refractivity contribution in [2.24, 2.45) is 4.99 Å². The molecule has 0 radical (unpaired) electrons. The largest absolute Gasteiger partial charge is 0.382 e. The summed E-state index contributed by atoms with van der Waals surface area (Å²) in [7, 11) is 0. The summed E-state index contributed by atoms with van der Waals surface area (Å²) in [6.07, 6.45) is 3.74. The maximum Gasteiger partial charge on any atom is 0.294 e. The topological polar surface area (TPSA) is 106 Å². The molecule has 0 atom stereocenters. The molecule has 0 aromatic carbocycles. The van der Waals surface area contributed by atoms with Crippen molar-refractivity contribution in [1.29, 1.82) is 5.41 Å². The quantitative estimate of drug-likeness (QED) is 0.755. The summed E-state index contributed by atoms with van der Waals surface area (Å²) in [6.45, 7) is 1.34. The molecule has 0 saturated heterocycles. The number of nitrogens with two attached hydrogens (primary N) is 1. The Morgan fingerprint density at radius 1 is 1.21 bits per heavy atom. The van der Waals surface area contributed by atoms with Gasteiger partial charge in [-0.3, -0.25) is 14.3 Å². The van der Waals surface area contributed by atoms with Gasteiger partial charge in [-0.25, -0.2) is 9.67 Å². The van der Waals surface area contributed by atoms with E-state index in [0.717, 1.165) is 6.42 Å². The molecule has 3 rings (SSSR count). The summed E-state index contributed by atoms with van der Waals surface area (Å²) < 4.78 is 3.28. The molecule has 3 N–H and O–H groups in total. The molecule has 1 aliphatic carbocycles. The number of allylic oxidation sites excluding steroid dienone is 2. The molecular weight excluding hydrogens is 246 g/mol. The van der Waals surface area contributed by atoms with E-state index in [2.05, 4.69) is 4.99 Å². The van der Waals surface area contributed by atoms with Crippen molar-refractivity contribution in [2.75, 3.05) is 5.73 Å². The van der Waals surface area contributed by atoms with Crippen molar-refractivity contribution < 1.29 is 4.79 Å². The zero-order chi connectivity index (χ0) is 13.6. The predicted octanol–water partition coefficient (Wildman–Crippen LogP) is 0.257. The Hall–Kier alpha value is -2.44. The zero-order valence-electron chi connectivity index (χ0n) is 10.2. The van der Waals surface area contributed by atoms with Crippen molar-refractivity contribution in [3.8, 4) is 0 Å². The van der Waals surface area contributed by atoms with E-state index in [1.807, 2.05) is 0 Å². The molecule has 0 fully saturated rings. The molecule has 0 amide bonds. The first-order chi connectivity index (χ1) is 9.08. The second-order valence-electron chi connectivity index (χ2n) is 4.59. The van der Waals surface area contributed by atoms with Crippen LogP contribution < -0.4 is 11.3 Å². The molecule has 98 valence electrons. The third kappa shape index (κ3) is 1.74. The first-order valence-corrected chi connectivity index (χ1v) is 6.04. The van der Waals surface area contributed by atoms with E-state index in [1.54, 1.807) is 9.36 Å². The van der Waals surface area contributed by atoms with Crippen LogP contribution >= 0.6 is 0 Å². The maximum atomic E-state index is 12.1. The summed E-state index contributed by atoms with van der Waals surface area (Å²) in [4.78, 5) is 27.4. The summed E-state index contributed by atoms with van der Waals surface area (Å²) in [5, 5.41) is 7.73. The number of hydrogen-bond donors (Lipinski definition) is 2. The van der Waals surface area contributed by atoms with Crippen LogP contribution in [-0.2, 0) is 17.9 Å². The van der Waals surface area contributed by atoms with Gasteiger partial charge in [-0.1, -0.05) is 0 Å². The fraction of sp³-hybridized carbons (Fsp3) is 0.333. The molecule has 2 aliphatic rings. The van der Waals surface area contributed by atoms with E-state index in [9.17, 15) is 9.59 Å². The zero-order valence-corrected chi connectivity index (χ0v) is 10.2. The summed E-state index contributed by atoms with van der Waals surface area (Å²) in [5.41, 5.74) is 6.29. The minimum atomic E-state index is -0.236. The number of rotatable bonds is 1. The number of nitrogens with one attached hydrogen (secondary N) is 1. The van der Waals surface area contributed by atoms with Crippen molar-refractivity contribution in [3.05, 3.63) is 22.5 Å². The van der Waals surface area contributed by atoms with Crippen LogP contribution in [0.1, 0.15) is 12.8 Å². The molecular formula is C12H13N5O2. The molecule has 1 aromatic heterocycles. The SMILES string of the molecule is N=C1CC(=O)C=CC1=Nc1c(N)n2n(c1=O)CCC2. The molecule has 2 heterocycles. The lowest BCUT2D eigenvalue weighted by molar-refractivity contribution is -0.113. The highest BCUT2D eigenvalue weighted by atomic mass is 16.1. The van der Waals surface area contributed by atoms with Crippen LogP contribution in [0, 0.1) is 5.41 Å². The standard InChI is InChI=1S/C12H13N5O2/c13-8-6-7(18)2-3-9(8)15-10-11(14)16-4-1-5-17(16)12(10)19/h2-3,13H,1,4-6,14H2. The van der Waals surface area contributed by atoms with Crippen molar-refractivity contribution >= 4 is 28.7 Å². The average molecular weight is 259 g/mol. The van der Waals surface area contributed by atoms with Crippen LogP contribution in [0.2, 0.25) is 0 Å². The number of carbonyl (C=O) groups excluding carboxylic acids is 1. The average Bonchev–Trinajstić information content (AvgIpc) is 2.92. The van der Waals surface area contributed by atoms with E-state index in [-0.39, 0.29) is 29.2 Å². The highest BCUT2D eigenvalue weighted by molar-refractivity contribution is 6.51. The fourth-order valence-corrected chi connectivity index (χ4v) is 2.35. The van der Waals surface area contributed by atoms with Crippen LogP contribution in [0.25, 0.3) is 0 Å². The summed E-state index contributed by atoms with van der Waals surface area (Å²) in [5.74, 6) is 0.195. The number of nitrogens with zero attached hydrogens (tertiary/aromatic N) is 3. The van der Waals surface area contributed by atoms with Crippen molar-refractivity contribution in [3.63, 3.8) is 0 Å². The lowest BCUT2D eigenvalue weighted by Gasteiger charge is -2.06. The maximum absolute atomic E-state index is 12.1. The van der Waals surface area contributed by atoms with Crippen LogP contribution in [-0.4, -0.2) is 26.6 Å². The van der Waals surface area contributed by atoms with Gasteiger partial charge in [0, 0.05) is 13.1 Å². The number of nitrogen functional groups attached to an aromatic ring is 1. The first kappa shape index (κ1) is 11.6. The van der Waals surface area contributed by atoms with E-state index in [1.165, 1.54) is 12.2 Å². The van der Waals surface area contributed by atoms with Crippen molar-refractivity contribution in [1.82, 2.24) is 9.36 Å². The molecule has 0 spiro atoms. The first-order valence-electron chi connectivity index (χ1n) is 6.04. The van der Waals surface area contributed by atoms with Gasteiger partial charge in [0.2, 0.25) is 0 Å². The van der Waals surface area contributed by atoms with Crippen LogP contribution in [0.5, 0.6) is 0 Å². The van der Waals surface area contributed by atoms with E-state index < -0.39 is 0 Å². The van der Waals surface area contributed by atoms with Gasteiger partial charge < -0.3 is 11.1 Å². The van der Waals surface area contributed by atoms with Gasteiger partial charge in [-0.2, -0.15) is 0 Å². The van der Waals surface area contributed by atoms with Crippen molar-refractivity contribution in [2.45, 2.75) is 25.9 Å². The Labute approximate surface area is 108 Å². The number of anilines is 1. The van der Waals surface area contributed by atoms with Gasteiger partial charge in [-0.15, -0.1) is 0 Å². The fourth-order valence-electron chi connectivity index (χ4n) is 2.35. The van der Waals surface area contributed by atoms with Crippen LogP contribution in [0.4, 0.5) is 11.5 Å². The van der Waals surface area contributed by atoms with Gasteiger partial charge in [0.15, 0.2) is 17.3 Å². The Kier molecular flexibility index (Phi) is 2.48. The Morgan fingerprint density at radius 2 is 1.95 bits per heavy atom. The summed E-state index contributed by atoms with van der Waals surface area (Å²) >= 11 is 0. The lowest BCUT2D eigenvalue weighted by atomic mass is 10.0. The molecule has 0 saturated carbocycles. The Balaban J connectivity index is 2.10. The monoisotopic (exact) mass is 259 g/mol. The molecule has 1 aromatic rings. The molecule has 19 heavy (non-hydrogen) atoms. The minimum absolute atomic E-state index is 0.0180. The highest BCUT2D eigenvalue weighted by Gasteiger charge is 2.22. The minimum Gasteiger partial charge on any atom is -0.382 e. The van der Waals surface area contributed by atoms with Crippen LogP contribution in [0.15, 0.2) is 21.9 Å². The number of fused-ring (bicyclic) bond motifs is 1. The smallest absolute Gasteiger partial charge is 0.294 e. The third-order valence-electron chi connectivity index (χ3n) is 3.31. The predicted molar refractivity (Wildman–Crippen MR) is 71.3 cm³/mol. The number of carbonyl (C=O) groups is 1. The van der Waals surface area contributed by atoms with E-state index >= 15 is 0 Å². The van der Waals surface area contributed by atoms with E-state index in [4.69, 9.17) is 11.1 Å². The number of ketones is 1. The molecule has 0 unspecified atom stereocenters. The van der Waals surface area contributed by atoms with Gasteiger partial charge in [0.05, 0.1) is 17.8 Å². The van der Waals surface area contributed by atoms with E-state index in [0.29, 0.717) is 24.6 Å². The molecule has 7 heteroatoms.